The maximum absolute atomic E-state index is 11.4. The topological polar surface area (TPSA) is 51.0 Å². The van der Waals surface area contributed by atoms with E-state index in [4.69, 9.17) is 11.6 Å². The largest absolute Gasteiger partial charge is 0.805 e. The molecule has 4 nitrogen and oxygen atoms in total. The van der Waals surface area contributed by atoms with Crippen LogP contribution in [0.3, 0.4) is 0 Å². The Hall–Kier alpha value is -2.07. The van der Waals surface area contributed by atoms with Gasteiger partial charge < -0.3 is 9.94 Å². The summed E-state index contributed by atoms with van der Waals surface area (Å²) in [6.45, 7) is 0. The summed E-state index contributed by atoms with van der Waals surface area (Å²) in [4.78, 5) is 11.0. The minimum absolute atomic E-state index is 0.252. The Bertz CT molecular complexity index is 620. The van der Waals surface area contributed by atoms with Crippen molar-refractivity contribution in [2.45, 2.75) is 0 Å². The molecule has 0 bridgehead atoms. The quantitative estimate of drug-likeness (QED) is 0.767. The zero-order valence-corrected chi connectivity index (χ0v) is 9.54. The van der Waals surface area contributed by atoms with Gasteiger partial charge in [0.05, 0.1) is 10.6 Å². The fourth-order valence-electron chi connectivity index (χ4n) is 1.34. The number of rotatable bonds is 2. The maximum atomic E-state index is 11.4. The molecular weight excluding hydrogens is 240 g/mol. The molecule has 2 aromatic rings. The molecule has 0 aliphatic heterocycles. The average Bonchev–Trinajstić information content (AvgIpc) is 2.32. The molecular formula is C12H9ClN2O2. The average molecular weight is 249 g/mol. The summed E-state index contributed by atoms with van der Waals surface area (Å²) in [6, 6.07) is 7.24. The third-order valence-electron chi connectivity index (χ3n) is 2.20. The van der Waals surface area contributed by atoms with Crippen molar-refractivity contribution in [2.24, 2.45) is 0 Å². The Morgan fingerprint density at radius 1 is 1.29 bits per heavy atom. The van der Waals surface area contributed by atoms with Gasteiger partial charge in [-0.25, -0.2) is 0 Å². The summed E-state index contributed by atoms with van der Waals surface area (Å²) in [6.07, 6.45) is 6.72. The van der Waals surface area contributed by atoms with Crippen LogP contribution in [-0.4, -0.2) is 4.73 Å². The maximum Gasteiger partial charge on any atom is 0.251 e. The van der Waals surface area contributed by atoms with Crippen LogP contribution in [0.15, 0.2) is 42.9 Å². The van der Waals surface area contributed by atoms with Crippen LogP contribution in [0.5, 0.6) is 0 Å². The lowest BCUT2D eigenvalue weighted by atomic mass is 10.2. The first kappa shape index (κ1) is 11.4. The van der Waals surface area contributed by atoms with Crippen molar-refractivity contribution in [1.29, 1.82) is 0 Å². The molecule has 1 aromatic carbocycles. The van der Waals surface area contributed by atoms with E-state index in [1.54, 1.807) is 18.2 Å². The highest BCUT2D eigenvalue weighted by atomic mass is 35.5. The van der Waals surface area contributed by atoms with Crippen molar-refractivity contribution in [3.05, 3.63) is 69.3 Å². The van der Waals surface area contributed by atoms with Crippen LogP contribution in [0, 0.1) is 10.1 Å². The molecule has 86 valence electrons. The lowest BCUT2D eigenvalue weighted by Crippen LogP contribution is -2.15. The highest BCUT2D eigenvalue weighted by Gasteiger charge is 1.98. The molecule has 0 atom stereocenters. The van der Waals surface area contributed by atoms with Gasteiger partial charge in [0.1, 0.15) is 5.69 Å². The second-order valence-electron chi connectivity index (χ2n) is 3.39. The van der Waals surface area contributed by atoms with Crippen molar-refractivity contribution in [2.75, 3.05) is 0 Å². The van der Waals surface area contributed by atoms with Gasteiger partial charge in [0.2, 0.25) is 6.20 Å². The van der Waals surface area contributed by atoms with Crippen LogP contribution >= 0.6 is 11.6 Å². The second-order valence-corrected chi connectivity index (χ2v) is 3.80. The minimum atomic E-state index is 0.252. The van der Waals surface area contributed by atoms with E-state index in [1.807, 2.05) is 18.2 Å². The molecule has 0 spiro atoms. The first-order valence-corrected chi connectivity index (χ1v) is 5.29. The summed E-state index contributed by atoms with van der Waals surface area (Å²) in [7, 11) is 0. The first-order chi connectivity index (χ1) is 8.16. The highest BCUT2D eigenvalue weighted by Crippen LogP contribution is 2.17. The van der Waals surface area contributed by atoms with E-state index in [0.717, 1.165) is 18.0 Å². The lowest BCUT2D eigenvalue weighted by Gasteiger charge is -2.09. The molecule has 17 heavy (non-hydrogen) atoms. The summed E-state index contributed by atoms with van der Waals surface area (Å²) in [5.41, 5.74) is 1.04. The molecule has 1 heterocycles. The van der Waals surface area contributed by atoms with E-state index < -0.39 is 0 Å². The van der Waals surface area contributed by atoms with E-state index >= 15 is 0 Å². The van der Waals surface area contributed by atoms with E-state index in [0.29, 0.717) is 14.2 Å². The fourth-order valence-corrected chi connectivity index (χ4v) is 1.54. The predicted octanol–water partition coefficient (Wildman–Crippen LogP) is 2.57. The Balaban J connectivity index is 2.36. The normalized spacial score (nSPS) is 10.9. The Kier molecular flexibility index (Phi) is 3.25. The predicted molar refractivity (Wildman–Crippen MR) is 66.9 cm³/mol. The van der Waals surface area contributed by atoms with Gasteiger partial charge in [-0.3, -0.25) is 0 Å². The summed E-state index contributed by atoms with van der Waals surface area (Å²) in [5, 5.41) is 11.9. The van der Waals surface area contributed by atoms with Gasteiger partial charge in [0.25, 0.3) is 6.20 Å². The number of benzene rings is 1. The molecule has 5 heteroatoms. The molecule has 0 radical (unpaired) electrons. The minimum Gasteiger partial charge on any atom is -0.805 e. The van der Waals surface area contributed by atoms with Gasteiger partial charge in [0.15, 0.2) is 0 Å². The van der Waals surface area contributed by atoms with E-state index in [-0.39, 0.29) is 5.69 Å². The van der Waals surface area contributed by atoms with E-state index in [2.05, 4.69) is 0 Å². The molecule has 0 aliphatic rings. The van der Waals surface area contributed by atoms with Gasteiger partial charge in [-0.15, -0.1) is 0 Å². The second kappa shape index (κ2) is 4.84. The van der Waals surface area contributed by atoms with Crippen LogP contribution in [0.4, 0.5) is 0 Å². The van der Waals surface area contributed by atoms with Gasteiger partial charge >= 0.3 is 0 Å². The van der Waals surface area contributed by atoms with Crippen LogP contribution in [0.25, 0.3) is 12.2 Å². The van der Waals surface area contributed by atoms with Crippen LogP contribution in [0.1, 0.15) is 11.3 Å². The summed E-state index contributed by atoms with van der Waals surface area (Å²) in [5.74, 6) is 0. The SMILES string of the molecule is O=[n+]1ccn([O-])c(/C=C/c2ccccc2Cl)c1. The molecule has 0 unspecified atom stereocenters. The monoisotopic (exact) mass is 248 g/mol. The molecule has 0 saturated carbocycles. The number of halogens is 1. The standard InChI is InChI=1S/C12H9ClN2O2/c13-12-4-2-1-3-10(12)5-6-11-9-14(16)7-8-15(11)17/h1-9H/b6-5+. The van der Waals surface area contributed by atoms with Crippen molar-refractivity contribution < 1.29 is 4.43 Å². The molecule has 1 aromatic heterocycles. The smallest absolute Gasteiger partial charge is 0.251 e. The number of aromatic nitrogens is 2. The fraction of sp³-hybridized carbons (Fsp3) is 0. The summed E-state index contributed by atoms with van der Waals surface area (Å²) >= 11 is 5.96. The Morgan fingerprint density at radius 2 is 2.06 bits per heavy atom. The van der Waals surface area contributed by atoms with Crippen LogP contribution < -0.4 is 4.43 Å². The third kappa shape index (κ3) is 2.73. The Labute approximate surface area is 103 Å². The first-order valence-electron chi connectivity index (χ1n) is 4.91. The van der Waals surface area contributed by atoms with E-state index in [1.165, 1.54) is 6.20 Å². The van der Waals surface area contributed by atoms with Crippen molar-refractivity contribution in [1.82, 2.24) is 4.73 Å². The number of hydrogen-bond donors (Lipinski definition) is 0. The van der Waals surface area contributed by atoms with E-state index in [9.17, 15) is 10.1 Å². The highest BCUT2D eigenvalue weighted by molar-refractivity contribution is 6.32. The van der Waals surface area contributed by atoms with Gasteiger partial charge in [0, 0.05) is 9.93 Å². The molecule has 0 N–H and O–H groups in total. The molecule has 0 saturated heterocycles. The lowest BCUT2D eigenvalue weighted by molar-refractivity contribution is -0.495. The number of nitrogens with zero attached hydrogens (tertiary/aromatic N) is 2. The van der Waals surface area contributed by atoms with Crippen molar-refractivity contribution >= 4 is 23.8 Å². The van der Waals surface area contributed by atoms with Crippen LogP contribution in [0.2, 0.25) is 5.02 Å². The van der Waals surface area contributed by atoms with Crippen LogP contribution in [-0.2, 0) is 0 Å². The molecule has 0 fully saturated rings. The Morgan fingerprint density at radius 3 is 2.82 bits per heavy atom. The van der Waals surface area contributed by atoms with Gasteiger partial charge in [-0.1, -0.05) is 35.9 Å². The third-order valence-corrected chi connectivity index (χ3v) is 2.55. The van der Waals surface area contributed by atoms with Gasteiger partial charge in [-0.05, 0) is 17.7 Å². The zero-order valence-electron chi connectivity index (χ0n) is 8.79. The molecule has 2 rings (SSSR count). The zero-order chi connectivity index (χ0) is 12.3. The molecule has 0 aliphatic carbocycles. The molecule has 0 amide bonds. The number of hydrogen-bond acceptors (Lipinski definition) is 2. The van der Waals surface area contributed by atoms with Gasteiger partial charge in [-0.2, -0.15) is 0 Å². The summed E-state index contributed by atoms with van der Waals surface area (Å²) < 4.78 is 1.18. The van der Waals surface area contributed by atoms with Crippen molar-refractivity contribution in [3.63, 3.8) is 0 Å². The van der Waals surface area contributed by atoms with Crippen molar-refractivity contribution in [3.8, 4) is 0 Å².